The minimum absolute atomic E-state index is 0.216. The van der Waals surface area contributed by atoms with Gasteiger partial charge in [0.05, 0.1) is 23.8 Å². The predicted octanol–water partition coefficient (Wildman–Crippen LogP) is 2.29. The Morgan fingerprint density at radius 3 is 2.61 bits per heavy atom. The second kappa shape index (κ2) is 9.01. The van der Waals surface area contributed by atoms with E-state index >= 15 is 0 Å². The van der Waals surface area contributed by atoms with E-state index < -0.39 is 17.9 Å². The van der Waals surface area contributed by atoms with Gasteiger partial charge in [0.25, 0.3) is 5.91 Å². The standard InChI is InChI=1S/C16H19ClN2O4/c1-10(2)6-13(16(21)22-3)19-15(20)9-23-14-5-4-11(8-18)7-12(14)17/h4-5,7,10,13H,6,9H2,1-3H3,(H,19,20)/t13-/m0/s1. The molecule has 23 heavy (non-hydrogen) atoms. The van der Waals surface area contributed by atoms with Crippen molar-refractivity contribution in [3.8, 4) is 11.8 Å². The Balaban J connectivity index is 2.61. The molecule has 0 fully saturated rings. The summed E-state index contributed by atoms with van der Waals surface area (Å²) in [6, 6.07) is 5.74. The summed E-state index contributed by atoms with van der Waals surface area (Å²) in [6.45, 7) is 3.58. The third-order valence-electron chi connectivity index (χ3n) is 2.95. The van der Waals surface area contributed by atoms with Gasteiger partial charge >= 0.3 is 5.97 Å². The predicted molar refractivity (Wildman–Crippen MR) is 85.1 cm³/mol. The Hall–Kier alpha value is -2.26. The normalized spacial score (nSPS) is 11.5. The minimum atomic E-state index is -0.715. The number of benzene rings is 1. The van der Waals surface area contributed by atoms with Crippen molar-refractivity contribution < 1.29 is 19.1 Å². The fourth-order valence-corrected chi connectivity index (χ4v) is 2.13. The quantitative estimate of drug-likeness (QED) is 0.770. The van der Waals surface area contributed by atoms with E-state index in [4.69, 9.17) is 21.6 Å². The SMILES string of the molecule is COC(=O)[C@H](CC(C)C)NC(=O)COc1ccc(C#N)cc1Cl. The van der Waals surface area contributed by atoms with E-state index in [0.29, 0.717) is 17.7 Å². The van der Waals surface area contributed by atoms with Crippen LogP contribution in [0.4, 0.5) is 0 Å². The molecule has 1 amide bonds. The van der Waals surface area contributed by atoms with Crippen molar-refractivity contribution in [1.29, 1.82) is 5.26 Å². The number of methoxy groups -OCH3 is 1. The van der Waals surface area contributed by atoms with Gasteiger partial charge in [0.15, 0.2) is 6.61 Å². The van der Waals surface area contributed by atoms with Gasteiger partial charge in [-0.3, -0.25) is 4.79 Å². The van der Waals surface area contributed by atoms with Crippen LogP contribution in [0.1, 0.15) is 25.8 Å². The van der Waals surface area contributed by atoms with E-state index in [-0.39, 0.29) is 17.5 Å². The fourth-order valence-electron chi connectivity index (χ4n) is 1.89. The lowest BCUT2D eigenvalue weighted by molar-refractivity contribution is -0.145. The van der Waals surface area contributed by atoms with Gasteiger partial charge in [0.1, 0.15) is 11.8 Å². The molecule has 0 bridgehead atoms. The molecule has 1 rings (SSSR count). The van der Waals surface area contributed by atoms with Crippen LogP contribution in [0, 0.1) is 17.2 Å². The van der Waals surface area contributed by atoms with Crippen molar-refractivity contribution in [3.63, 3.8) is 0 Å². The number of nitrogens with zero attached hydrogens (tertiary/aromatic N) is 1. The fraction of sp³-hybridized carbons (Fsp3) is 0.438. The molecule has 0 aliphatic heterocycles. The molecule has 1 N–H and O–H groups in total. The molecule has 0 aliphatic rings. The number of carbonyl (C=O) groups excluding carboxylic acids is 2. The summed E-state index contributed by atoms with van der Waals surface area (Å²) < 4.78 is 9.99. The molecule has 0 aromatic heterocycles. The van der Waals surface area contributed by atoms with Crippen molar-refractivity contribution in [2.45, 2.75) is 26.3 Å². The monoisotopic (exact) mass is 338 g/mol. The zero-order chi connectivity index (χ0) is 17.4. The number of hydrogen-bond acceptors (Lipinski definition) is 5. The zero-order valence-corrected chi connectivity index (χ0v) is 14.0. The topological polar surface area (TPSA) is 88.4 Å². The van der Waals surface area contributed by atoms with Gasteiger partial charge in [-0.15, -0.1) is 0 Å². The number of rotatable bonds is 7. The molecule has 0 radical (unpaired) electrons. The van der Waals surface area contributed by atoms with Gasteiger partial charge in [-0.1, -0.05) is 25.4 Å². The first-order chi connectivity index (χ1) is 10.9. The summed E-state index contributed by atoms with van der Waals surface area (Å²) in [7, 11) is 1.27. The first-order valence-corrected chi connectivity index (χ1v) is 7.44. The Morgan fingerprint density at radius 2 is 2.09 bits per heavy atom. The number of ether oxygens (including phenoxy) is 2. The van der Waals surface area contributed by atoms with Crippen molar-refractivity contribution in [3.05, 3.63) is 28.8 Å². The van der Waals surface area contributed by atoms with Crippen LogP contribution in [0.2, 0.25) is 5.02 Å². The molecule has 7 heteroatoms. The van der Waals surface area contributed by atoms with Crippen LogP contribution >= 0.6 is 11.6 Å². The summed E-state index contributed by atoms with van der Waals surface area (Å²) >= 11 is 5.96. The molecule has 0 spiro atoms. The third-order valence-corrected chi connectivity index (χ3v) is 3.24. The lowest BCUT2D eigenvalue weighted by atomic mass is 10.0. The van der Waals surface area contributed by atoms with Crippen LogP contribution in [0.5, 0.6) is 5.75 Å². The van der Waals surface area contributed by atoms with E-state index in [0.717, 1.165) is 0 Å². The maximum Gasteiger partial charge on any atom is 0.328 e. The van der Waals surface area contributed by atoms with Crippen LogP contribution in [0.3, 0.4) is 0 Å². The van der Waals surface area contributed by atoms with E-state index in [1.54, 1.807) is 0 Å². The number of halogens is 1. The second-order valence-corrected chi connectivity index (χ2v) is 5.73. The van der Waals surface area contributed by atoms with E-state index in [9.17, 15) is 9.59 Å². The van der Waals surface area contributed by atoms with Crippen LogP contribution < -0.4 is 10.1 Å². The number of nitriles is 1. The van der Waals surface area contributed by atoms with Crippen molar-refractivity contribution >= 4 is 23.5 Å². The number of amides is 1. The summed E-state index contributed by atoms with van der Waals surface area (Å²) in [5.74, 6) is -0.447. The van der Waals surface area contributed by atoms with Crippen molar-refractivity contribution in [2.24, 2.45) is 5.92 Å². The van der Waals surface area contributed by atoms with E-state index in [2.05, 4.69) is 10.1 Å². The van der Waals surface area contributed by atoms with Crippen LogP contribution in [-0.2, 0) is 14.3 Å². The number of carbonyl (C=O) groups is 2. The molecular weight excluding hydrogens is 320 g/mol. The Bertz CT molecular complexity index is 611. The molecule has 1 atom stereocenters. The van der Waals surface area contributed by atoms with E-state index in [1.807, 2.05) is 19.9 Å². The van der Waals surface area contributed by atoms with Gasteiger partial charge in [0.2, 0.25) is 0 Å². The first kappa shape index (κ1) is 18.8. The summed E-state index contributed by atoms with van der Waals surface area (Å²) in [5, 5.41) is 11.6. The van der Waals surface area contributed by atoms with Crippen LogP contribution in [-0.4, -0.2) is 31.6 Å². The summed E-state index contributed by atoms with van der Waals surface area (Å²) in [5.41, 5.74) is 0.398. The average Bonchev–Trinajstić information content (AvgIpc) is 2.51. The average molecular weight is 339 g/mol. The number of esters is 1. The molecule has 0 aliphatic carbocycles. The molecule has 1 aromatic carbocycles. The highest BCUT2D eigenvalue weighted by Crippen LogP contribution is 2.25. The highest BCUT2D eigenvalue weighted by atomic mass is 35.5. The van der Waals surface area contributed by atoms with Gasteiger partial charge in [-0.05, 0) is 30.5 Å². The van der Waals surface area contributed by atoms with E-state index in [1.165, 1.54) is 25.3 Å². The van der Waals surface area contributed by atoms with Gasteiger partial charge in [-0.25, -0.2) is 4.79 Å². The lowest BCUT2D eigenvalue weighted by Gasteiger charge is -2.18. The molecule has 1 aromatic rings. The second-order valence-electron chi connectivity index (χ2n) is 5.32. The van der Waals surface area contributed by atoms with Gasteiger partial charge in [-0.2, -0.15) is 5.26 Å². The Labute approximate surface area is 140 Å². The van der Waals surface area contributed by atoms with Crippen molar-refractivity contribution in [1.82, 2.24) is 5.32 Å². The molecule has 0 heterocycles. The smallest absolute Gasteiger partial charge is 0.328 e. The molecule has 0 unspecified atom stereocenters. The molecule has 0 saturated carbocycles. The Kier molecular flexibility index (Phi) is 7.36. The maximum absolute atomic E-state index is 11.9. The first-order valence-electron chi connectivity index (χ1n) is 7.07. The third kappa shape index (κ3) is 6.17. The molecular formula is C16H19ClN2O4. The maximum atomic E-state index is 11.9. The van der Waals surface area contributed by atoms with Gasteiger partial charge < -0.3 is 14.8 Å². The molecule has 0 saturated heterocycles. The van der Waals surface area contributed by atoms with Crippen molar-refractivity contribution in [2.75, 3.05) is 13.7 Å². The minimum Gasteiger partial charge on any atom is -0.482 e. The molecule has 6 nitrogen and oxygen atoms in total. The zero-order valence-electron chi connectivity index (χ0n) is 13.3. The van der Waals surface area contributed by atoms with Gasteiger partial charge in [0, 0.05) is 0 Å². The largest absolute Gasteiger partial charge is 0.482 e. The highest BCUT2D eigenvalue weighted by molar-refractivity contribution is 6.32. The Morgan fingerprint density at radius 1 is 1.39 bits per heavy atom. The number of nitrogens with one attached hydrogen (secondary N) is 1. The summed E-state index contributed by atoms with van der Waals surface area (Å²) in [6.07, 6.45) is 0.468. The highest BCUT2D eigenvalue weighted by Gasteiger charge is 2.22. The lowest BCUT2D eigenvalue weighted by Crippen LogP contribution is -2.44. The van der Waals surface area contributed by atoms with Crippen LogP contribution in [0.15, 0.2) is 18.2 Å². The van der Waals surface area contributed by atoms with Crippen LogP contribution in [0.25, 0.3) is 0 Å². The summed E-state index contributed by atoms with van der Waals surface area (Å²) in [4.78, 5) is 23.6. The number of hydrogen-bond donors (Lipinski definition) is 1. The molecule has 124 valence electrons.